The van der Waals surface area contributed by atoms with Gasteiger partial charge in [0.05, 0.1) is 10.5 Å². The van der Waals surface area contributed by atoms with Crippen molar-refractivity contribution >= 4 is 22.5 Å². The molecular formula is C12H12ClFN2. The van der Waals surface area contributed by atoms with Gasteiger partial charge in [-0.2, -0.15) is 0 Å². The first-order valence-corrected chi connectivity index (χ1v) is 5.44. The normalized spacial score (nSPS) is 13.0. The highest BCUT2D eigenvalue weighted by Gasteiger charge is 2.05. The number of aromatic nitrogens is 1. The largest absolute Gasteiger partial charge is 0.328 e. The second-order valence-corrected chi connectivity index (χ2v) is 4.35. The second kappa shape index (κ2) is 4.36. The van der Waals surface area contributed by atoms with Crippen LogP contribution in [-0.2, 0) is 6.42 Å². The lowest BCUT2D eigenvalue weighted by atomic mass is 10.1. The lowest BCUT2D eigenvalue weighted by Crippen LogP contribution is -2.18. The maximum Gasteiger partial charge on any atom is 0.142 e. The highest BCUT2D eigenvalue weighted by atomic mass is 35.5. The number of rotatable bonds is 2. The average Bonchev–Trinajstić information content (AvgIpc) is 2.19. The predicted molar refractivity (Wildman–Crippen MR) is 64.1 cm³/mol. The zero-order chi connectivity index (χ0) is 11.7. The Balaban J connectivity index is 2.49. The van der Waals surface area contributed by atoms with Crippen LogP contribution in [0.1, 0.15) is 12.6 Å². The average molecular weight is 239 g/mol. The Hall–Kier alpha value is -1.19. The first kappa shape index (κ1) is 11.3. The molecular weight excluding hydrogens is 227 g/mol. The minimum absolute atomic E-state index is 0.0564. The molecule has 2 aromatic rings. The Morgan fingerprint density at radius 3 is 2.88 bits per heavy atom. The molecule has 2 rings (SSSR count). The van der Waals surface area contributed by atoms with E-state index >= 15 is 0 Å². The molecule has 4 heteroatoms. The van der Waals surface area contributed by atoms with Gasteiger partial charge in [-0.1, -0.05) is 17.7 Å². The van der Waals surface area contributed by atoms with Gasteiger partial charge in [-0.3, -0.25) is 4.98 Å². The first-order valence-electron chi connectivity index (χ1n) is 5.06. The maximum absolute atomic E-state index is 13.2. The quantitative estimate of drug-likeness (QED) is 0.874. The number of nitrogens with zero attached hydrogens (tertiary/aromatic N) is 1. The molecule has 1 atom stereocenters. The van der Waals surface area contributed by atoms with Crippen LogP contribution in [0.4, 0.5) is 4.39 Å². The molecule has 0 radical (unpaired) electrons. The van der Waals surface area contributed by atoms with Gasteiger partial charge >= 0.3 is 0 Å². The lowest BCUT2D eigenvalue weighted by molar-refractivity contribution is 0.630. The molecule has 0 amide bonds. The van der Waals surface area contributed by atoms with E-state index in [1.807, 2.05) is 19.1 Å². The molecule has 16 heavy (non-hydrogen) atoms. The molecule has 84 valence electrons. The smallest absolute Gasteiger partial charge is 0.142 e. The summed E-state index contributed by atoms with van der Waals surface area (Å²) in [5.74, 6) is -0.420. The predicted octanol–water partition coefficient (Wildman–Crippen LogP) is 2.92. The van der Waals surface area contributed by atoms with Crippen molar-refractivity contribution in [1.29, 1.82) is 0 Å². The van der Waals surface area contributed by atoms with Crippen LogP contribution in [0.15, 0.2) is 24.3 Å². The van der Waals surface area contributed by atoms with E-state index in [1.54, 1.807) is 0 Å². The van der Waals surface area contributed by atoms with Crippen molar-refractivity contribution in [2.45, 2.75) is 19.4 Å². The summed E-state index contributed by atoms with van der Waals surface area (Å²) >= 11 is 5.71. The Bertz CT molecular complexity index is 526. The lowest BCUT2D eigenvalue weighted by Gasteiger charge is -2.06. The molecule has 0 bridgehead atoms. The van der Waals surface area contributed by atoms with Gasteiger partial charge < -0.3 is 5.73 Å². The molecule has 2 N–H and O–H groups in total. The van der Waals surface area contributed by atoms with Crippen LogP contribution in [0.25, 0.3) is 10.9 Å². The third-order valence-corrected chi connectivity index (χ3v) is 2.61. The van der Waals surface area contributed by atoms with E-state index in [1.165, 1.54) is 12.1 Å². The summed E-state index contributed by atoms with van der Waals surface area (Å²) in [7, 11) is 0. The van der Waals surface area contributed by atoms with Crippen LogP contribution in [0.5, 0.6) is 0 Å². The van der Waals surface area contributed by atoms with E-state index in [0.717, 1.165) is 11.1 Å². The highest BCUT2D eigenvalue weighted by Crippen LogP contribution is 2.22. The minimum atomic E-state index is -0.420. The Kier molecular flexibility index (Phi) is 3.08. The van der Waals surface area contributed by atoms with Crippen molar-refractivity contribution in [2.24, 2.45) is 5.73 Å². The van der Waals surface area contributed by atoms with Gasteiger partial charge in [0.1, 0.15) is 5.82 Å². The van der Waals surface area contributed by atoms with E-state index in [-0.39, 0.29) is 11.1 Å². The number of hydrogen-bond acceptors (Lipinski definition) is 2. The SMILES string of the molecule is CC(N)Cc1ccc2cc(F)c(Cl)cc2n1. The van der Waals surface area contributed by atoms with Gasteiger partial charge in [0.15, 0.2) is 0 Å². The van der Waals surface area contributed by atoms with Gasteiger partial charge in [0.2, 0.25) is 0 Å². The Labute approximate surface area is 98.2 Å². The molecule has 1 heterocycles. The fraction of sp³-hybridized carbons (Fsp3) is 0.250. The van der Waals surface area contributed by atoms with Crippen molar-refractivity contribution < 1.29 is 4.39 Å². The van der Waals surface area contributed by atoms with Crippen LogP contribution in [0.3, 0.4) is 0 Å². The summed E-state index contributed by atoms with van der Waals surface area (Å²) in [5, 5.41) is 0.841. The van der Waals surface area contributed by atoms with Gasteiger partial charge in [-0.15, -0.1) is 0 Å². The number of hydrogen-bond donors (Lipinski definition) is 1. The second-order valence-electron chi connectivity index (χ2n) is 3.94. The first-order chi connectivity index (χ1) is 7.56. The fourth-order valence-electron chi connectivity index (χ4n) is 1.60. The molecule has 1 aromatic heterocycles. The molecule has 0 aliphatic heterocycles. The minimum Gasteiger partial charge on any atom is -0.328 e. The molecule has 0 aliphatic carbocycles. The summed E-state index contributed by atoms with van der Waals surface area (Å²) < 4.78 is 13.2. The monoisotopic (exact) mass is 238 g/mol. The van der Waals surface area contributed by atoms with E-state index in [4.69, 9.17) is 17.3 Å². The molecule has 1 unspecified atom stereocenters. The van der Waals surface area contributed by atoms with E-state index < -0.39 is 5.82 Å². The number of fused-ring (bicyclic) bond motifs is 1. The topological polar surface area (TPSA) is 38.9 Å². The van der Waals surface area contributed by atoms with Crippen molar-refractivity contribution in [3.05, 3.63) is 40.8 Å². The van der Waals surface area contributed by atoms with Gasteiger partial charge in [-0.25, -0.2) is 4.39 Å². The molecule has 0 saturated heterocycles. The highest BCUT2D eigenvalue weighted by molar-refractivity contribution is 6.31. The van der Waals surface area contributed by atoms with Crippen molar-refractivity contribution in [3.8, 4) is 0 Å². The fourth-order valence-corrected chi connectivity index (χ4v) is 1.76. The maximum atomic E-state index is 13.2. The van der Waals surface area contributed by atoms with E-state index in [9.17, 15) is 4.39 Å². The number of halogens is 2. The number of pyridine rings is 1. The zero-order valence-electron chi connectivity index (χ0n) is 8.87. The van der Waals surface area contributed by atoms with Gasteiger partial charge in [-0.05, 0) is 25.1 Å². The van der Waals surface area contributed by atoms with Gasteiger partial charge in [0.25, 0.3) is 0 Å². The summed E-state index contributed by atoms with van der Waals surface area (Å²) in [4.78, 5) is 4.39. The zero-order valence-corrected chi connectivity index (χ0v) is 9.63. The molecule has 1 aromatic carbocycles. The summed E-state index contributed by atoms with van der Waals surface area (Å²) in [6, 6.07) is 6.68. The number of nitrogens with two attached hydrogens (primary N) is 1. The Morgan fingerprint density at radius 2 is 2.19 bits per heavy atom. The van der Waals surface area contributed by atoms with Crippen molar-refractivity contribution in [3.63, 3.8) is 0 Å². The van der Waals surface area contributed by atoms with Crippen LogP contribution < -0.4 is 5.73 Å². The molecule has 0 saturated carbocycles. The van der Waals surface area contributed by atoms with Crippen LogP contribution >= 0.6 is 11.6 Å². The molecule has 2 nitrogen and oxygen atoms in total. The molecule has 0 aliphatic rings. The third-order valence-electron chi connectivity index (χ3n) is 2.32. The van der Waals surface area contributed by atoms with Crippen LogP contribution in [-0.4, -0.2) is 11.0 Å². The summed E-state index contributed by atoms with van der Waals surface area (Å²) in [6.45, 7) is 1.92. The molecule has 0 fully saturated rings. The van der Waals surface area contributed by atoms with Crippen molar-refractivity contribution in [1.82, 2.24) is 4.98 Å². The Morgan fingerprint density at radius 1 is 1.44 bits per heavy atom. The summed E-state index contributed by atoms with van der Waals surface area (Å²) in [5.41, 5.74) is 7.29. The van der Waals surface area contributed by atoms with E-state index in [0.29, 0.717) is 11.9 Å². The molecule has 0 spiro atoms. The standard InChI is InChI=1S/C12H12ClFN2/c1-7(15)4-9-3-2-8-5-11(14)10(13)6-12(8)16-9/h2-3,5-7H,4,15H2,1H3. The van der Waals surface area contributed by atoms with Crippen LogP contribution in [0.2, 0.25) is 5.02 Å². The van der Waals surface area contributed by atoms with Gasteiger partial charge in [0, 0.05) is 23.5 Å². The van der Waals surface area contributed by atoms with Crippen LogP contribution in [0, 0.1) is 5.82 Å². The summed E-state index contributed by atoms with van der Waals surface area (Å²) in [6.07, 6.45) is 0.699. The number of benzene rings is 1. The third kappa shape index (κ3) is 2.31. The van der Waals surface area contributed by atoms with E-state index in [2.05, 4.69) is 4.98 Å². The van der Waals surface area contributed by atoms with Crippen molar-refractivity contribution in [2.75, 3.05) is 0 Å².